The van der Waals surface area contributed by atoms with Crippen LogP contribution >= 0.6 is 0 Å². The van der Waals surface area contributed by atoms with Gasteiger partial charge in [0.1, 0.15) is 30.4 Å². The van der Waals surface area contributed by atoms with Gasteiger partial charge in [0.05, 0.1) is 31.9 Å². The molecular weight excluding hydrogens is 629 g/mol. The number of phenolic OH excluding ortho intramolecular Hbond substituents is 1. The number of carbonyl (C=O) groups excluding carboxylic acids is 2. The Hall–Kier alpha value is -4.79. The molecule has 0 spiro atoms. The number of benzene rings is 3. The second kappa shape index (κ2) is 13.9. The van der Waals surface area contributed by atoms with Crippen LogP contribution in [0.4, 0.5) is 14.9 Å². The Labute approximate surface area is 272 Å². The highest BCUT2D eigenvalue weighted by Crippen LogP contribution is 2.27. The zero-order valence-electron chi connectivity index (χ0n) is 26.0. The fourth-order valence-electron chi connectivity index (χ4n) is 5.86. The van der Waals surface area contributed by atoms with E-state index in [9.17, 15) is 27.5 Å². The van der Waals surface area contributed by atoms with E-state index in [2.05, 4.69) is 10.5 Å². The lowest BCUT2D eigenvalue weighted by molar-refractivity contribution is -0.928. The number of rotatable bonds is 10. The van der Waals surface area contributed by atoms with Gasteiger partial charge >= 0.3 is 16.1 Å². The molecule has 0 saturated carbocycles. The van der Waals surface area contributed by atoms with Crippen LogP contribution in [0.25, 0.3) is 0 Å². The Bertz CT molecular complexity index is 1820. The fraction of sp³-hybridized carbons (Fsp3) is 0.303. The van der Waals surface area contributed by atoms with Gasteiger partial charge in [-0.25, -0.2) is 9.18 Å². The molecule has 2 heterocycles. The second-order valence-electron chi connectivity index (χ2n) is 12.0. The van der Waals surface area contributed by atoms with Crippen molar-refractivity contribution in [1.29, 1.82) is 0 Å². The summed E-state index contributed by atoms with van der Waals surface area (Å²) in [5.74, 6) is -0.731. The van der Waals surface area contributed by atoms with Crippen LogP contribution in [0.1, 0.15) is 29.7 Å². The Morgan fingerprint density at radius 1 is 1.11 bits per heavy atom. The van der Waals surface area contributed by atoms with Crippen molar-refractivity contribution in [3.05, 3.63) is 102 Å². The van der Waals surface area contributed by atoms with E-state index >= 15 is 0 Å². The molecule has 3 aromatic carbocycles. The monoisotopic (exact) mass is 666 g/mol. The molecule has 4 aromatic rings. The number of halogens is 1. The summed E-state index contributed by atoms with van der Waals surface area (Å²) in [5.41, 5.74) is 8.35. The zero-order valence-corrected chi connectivity index (χ0v) is 26.8. The largest absolute Gasteiger partial charge is 0.508 e. The highest BCUT2D eigenvalue weighted by atomic mass is 32.2. The van der Waals surface area contributed by atoms with E-state index in [4.69, 9.17) is 14.4 Å². The first-order valence-electron chi connectivity index (χ1n) is 15.0. The van der Waals surface area contributed by atoms with Gasteiger partial charge in [0.25, 0.3) is 0 Å². The topological polar surface area (TPSA) is 165 Å². The molecular formula is C33H37FN5O7S+. The van der Waals surface area contributed by atoms with Gasteiger partial charge in [-0.05, 0) is 80.3 Å². The summed E-state index contributed by atoms with van der Waals surface area (Å²) in [7, 11) is -2.15. The van der Waals surface area contributed by atoms with Crippen molar-refractivity contribution in [3.8, 4) is 11.5 Å². The summed E-state index contributed by atoms with van der Waals surface area (Å²) in [6, 6.07) is 16.1. The molecule has 248 valence electrons. The molecule has 1 aliphatic heterocycles. The molecule has 14 heteroatoms. The predicted octanol–water partition coefficient (Wildman–Crippen LogP) is 4.34. The maximum absolute atomic E-state index is 13.9. The van der Waals surface area contributed by atoms with Crippen molar-refractivity contribution >= 4 is 27.7 Å². The molecule has 1 aromatic heterocycles. The Kier molecular flexibility index (Phi) is 9.94. The third-order valence-corrected chi connectivity index (χ3v) is 9.53. The average Bonchev–Trinajstić information content (AvgIpc) is 3.47. The van der Waals surface area contributed by atoms with Crippen molar-refractivity contribution in [3.63, 3.8) is 0 Å². The van der Waals surface area contributed by atoms with Crippen molar-refractivity contribution < 1.29 is 40.7 Å². The second-order valence-corrected chi connectivity index (χ2v) is 13.5. The molecule has 5 rings (SSSR count). The summed E-state index contributed by atoms with van der Waals surface area (Å²) in [5, 5.41) is 15.9. The van der Waals surface area contributed by atoms with Crippen LogP contribution in [0.15, 0.2) is 88.4 Å². The number of likely N-dealkylation sites (N-methyl/N-ethyl adjacent to an activating group) is 1. The third-order valence-electron chi connectivity index (χ3n) is 8.18. The van der Waals surface area contributed by atoms with Crippen LogP contribution in [0.3, 0.4) is 0 Å². The van der Waals surface area contributed by atoms with E-state index < -0.39 is 34.1 Å². The number of urea groups is 1. The highest BCUT2D eigenvalue weighted by Gasteiger charge is 2.41. The first-order chi connectivity index (χ1) is 22.3. The van der Waals surface area contributed by atoms with Crippen LogP contribution in [-0.2, 0) is 27.9 Å². The summed E-state index contributed by atoms with van der Waals surface area (Å²) in [6.45, 7) is 3.28. The van der Waals surface area contributed by atoms with Gasteiger partial charge in [-0.2, -0.15) is 8.42 Å². The molecule has 0 bridgehead atoms. The van der Waals surface area contributed by atoms with E-state index in [1.165, 1.54) is 60.4 Å². The Morgan fingerprint density at radius 3 is 2.40 bits per heavy atom. The lowest BCUT2D eigenvalue weighted by Crippen LogP contribution is -2.62. The van der Waals surface area contributed by atoms with Crippen molar-refractivity contribution in [2.45, 2.75) is 49.7 Å². The lowest BCUT2D eigenvalue weighted by Gasteiger charge is -2.44. The summed E-state index contributed by atoms with van der Waals surface area (Å²) < 4.78 is 49.3. The quantitative estimate of drug-likeness (QED) is 0.165. The number of aromatic nitrogens is 1. The number of hydrogen-bond donors (Lipinski definition) is 3. The molecule has 3 atom stereocenters. The number of quaternary nitrogens is 1. The first kappa shape index (κ1) is 33.6. The van der Waals surface area contributed by atoms with Gasteiger partial charge in [0.15, 0.2) is 10.7 Å². The lowest BCUT2D eigenvalue weighted by atomic mass is 9.98. The average molecular weight is 667 g/mol. The molecule has 1 unspecified atom stereocenters. The first-order valence-corrected chi connectivity index (χ1v) is 16.4. The highest BCUT2D eigenvalue weighted by molar-refractivity contribution is 7.87. The van der Waals surface area contributed by atoms with Gasteiger partial charge in [-0.15, -0.1) is 0 Å². The number of aryl methyl sites for hydroxylation is 1. The van der Waals surface area contributed by atoms with Crippen LogP contribution in [0, 0.1) is 12.7 Å². The molecule has 47 heavy (non-hydrogen) atoms. The number of piperidine rings is 1. The number of phenols is 1. The molecule has 1 fully saturated rings. The van der Waals surface area contributed by atoms with Crippen LogP contribution in [-0.4, -0.2) is 72.2 Å². The fourth-order valence-corrected chi connectivity index (χ4v) is 6.88. The number of nitrogens with one attached hydrogen (secondary N) is 1. The number of nitrogens with two attached hydrogens (primary N) is 1. The van der Waals surface area contributed by atoms with Crippen LogP contribution < -0.4 is 15.2 Å². The number of nitrogens with zero attached hydrogens (tertiary/aromatic N) is 3. The molecule has 1 saturated heterocycles. The van der Waals surface area contributed by atoms with Gasteiger partial charge in [0.2, 0.25) is 5.91 Å². The predicted molar refractivity (Wildman–Crippen MR) is 170 cm³/mol. The minimum atomic E-state index is -4.19. The molecule has 12 nitrogen and oxygen atoms in total. The summed E-state index contributed by atoms with van der Waals surface area (Å²) in [6.07, 6.45) is 2.49. The zero-order chi connectivity index (χ0) is 33.8. The number of anilines is 1. The molecule has 0 radical (unpaired) electrons. The number of amides is 3. The Balaban J connectivity index is 1.35. The van der Waals surface area contributed by atoms with Gasteiger partial charge in [-0.3, -0.25) is 9.69 Å². The SMILES string of the molecule is Cc1oncc1S(=O)(=O)Oc1ccc(NC(=O)N(C(=O)[C@@H](N)Cc2ccc(O)cc2)[C@H]2CCC[N+](C)(Cc3ccc(F)cc3)C2)cc1. The van der Waals surface area contributed by atoms with E-state index in [-0.39, 0.29) is 34.4 Å². The van der Waals surface area contributed by atoms with Gasteiger partial charge < -0.3 is 29.3 Å². The number of imide groups is 1. The molecule has 3 amide bonds. The smallest absolute Gasteiger partial charge is 0.344 e. The minimum Gasteiger partial charge on any atom is -0.508 e. The minimum absolute atomic E-state index is 0.00593. The van der Waals surface area contributed by atoms with Crippen LogP contribution in [0.5, 0.6) is 11.5 Å². The maximum atomic E-state index is 13.9. The van der Waals surface area contributed by atoms with Crippen molar-refractivity contribution in [1.82, 2.24) is 10.1 Å². The standard InChI is InChI=1S/C33H36FN5O7S/c1-22-31(19-36-45-22)47(43,44)46-29-15-11-26(12-16-29)37-33(42)38(32(41)30(35)18-23-7-13-28(40)14-8-23)27-4-3-17-39(2,21-27)20-24-5-9-25(34)10-6-24/h5-16,19,27,30H,3-4,17-18,20-21,35H2,1-2H3,(H-,37,40,42)/p+1/t27-,30-,39?/m0/s1. The molecule has 1 aliphatic rings. The van der Waals surface area contributed by atoms with Gasteiger partial charge in [-0.1, -0.05) is 29.4 Å². The van der Waals surface area contributed by atoms with Crippen molar-refractivity contribution in [2.24, 2.45) is 5.73 Å². The third kappa shape index (κ3) is 8.33. The Morgan fingerprint density at radius 2 is 1.77 bits per heavy atom. The van der Waals surface area contributed by atoms with E-state index in [1.807, 2.05) is 7.05 Å². The number of aromatic hydroxyl groups is 1. The summed E-state index contributed by atoms with van der Waals surface area (Å²) >= 11 is 0. The van der Waals surface area contributed by atoms with Crippen molar-refractivity contribution in [2.75, 3.05) is 25.5 Å². The van der Waals surface area contributed by atoms with Crippen LogP contribution in [0.2, 0.25) is 0 Å². The molecule has 4 N–H and O–H groups in total. The summed E-state index contributed by atoms with van der Waals surface area (Å²) in [4.78, 5) is 28.8. The van der Waals surface area contributed by atoms with E-state index in [1.54, 1.807) is 24.3 Å². The van der Waals surface area contributed by atoms with E-state index in [0.29, 0.717) is 29.7 Å². The molecule has 0 aliphatic carbocycles. The maximum Gasteiger partial charge on any atom is 0.344 e. The normalized spacial score (nSPS) is 18.7. The number of carbonyl (C=O) groups is 2. The van der Waals surface area contributed by atoms with E-state index in [0.717, 1.165) is 30.3 Å². The van der Waals surface area contributed by atoms with Gasteiger partial charge in [0, 0.05) is 11.3 Å². The number of likely N-dealkylation sites (tertiary alicyclic amines) is 1. The number of hydrogen-bond acceptors (Lipinski definition) is 9.